The predicted molar refractivity (Wildman–Crippen MR) is 83.2 cm³/mol. The van der Waals surface area contributed by atoms with Crippen molar-refractivity contribution in [1.82, 2.24) is 19.7 Å². The van der Waals surface area contributed by atoms with Crippen LogP contribution in [0.4, 0.5) is 0 Å². The SMILES string of the molecule is Cc1nc(CO[C@@H]2CN(C(C)C)Cc3ccnn3C2)cs1. The molecule has 0 fully saturated rings. The van der Waals surface area contributed by atoms with Gasteiger partial charge in [0.1, 0.15) is 0 Å². The highest BCUT2D eigenvalue weighted by atomic mass is 32.1. The fourth-order valence-corrected chi connectivity index (χ4v) is 3.22. The van der Waals surface area contributed by atoms with E-state index in [0.717, 1.165) is 30.3 Å². The number of hydrogen-bond donors (Lipinski definition) is 0. The van der Waals surface area contributed by atoms with Crippen molar-refractivity contribution in [3.8, 4) is 0 Å². The van der Waals surface area contributed by atoms with E-state index in [2.05, 4.69) is 45.0 Å². The summed E-state index contributed by atoms with van der Waals surface area (Å²) >= 11 is 1.67. The van der Waals surface area contributed by atoms with Crippen molar-refractivity contribution in [1.29, 1.82) is 0 Å². The van der Waals surface area contributed by atoms with Gasteiger partial charge in [0.25, 0.3) is 0 Å². The van der Waals surface area contributed by atoms with Gasteiger partial charge in [0, 0.05) is 30.7 Å². The molecule has 0 bridgehead atoms. The van der Waals surface area contributed by atoms with E-state index in [-0.39, 0.29) is 6.10 Å². The monoisotopic (exact) mass is 306 g/mol. The Morgan fingerprint density at radius 2 is 2.29 bits per heavy atom. The first-order valence-electron chi connectivity index (χ1n) is 7.39. The van der Waals surface area contributed by atoms with Gasteiger partial charge >= 0.3 is 0 Å². The number of aryl methyl sites for hydroxylation is 1. The summed E-state index contributed by atoms with van der Waals surface area (Å²) in [5.41, 5.74) is 2.29. The number of ether oxygens (including phenoxy) is 1. The van der Waals surface area contributed by atoms with E-state index in [1.165, 1.54) is 5.69 Å². The lowest BCUT2D eigenvalue weighted by atomic mass is 10.2. The number of fused-ring (bicyclic) bond motifs is 1. The molecule has 0 saturated heterocycles. The predicted octanol–water partition coefficient (Wildman–Crippen LogP) is 2.46. The van der Waals surface area contributed by atoms with Gasteiger partial charge in [-0.3, -0.25) is 9.58 Å². The number of aromatic nitrogens is 3. The van der Waals surface area contributed by atoms with Crippen LogP contribution in [0.25, 0.3) is 0 Å². The normalized spacial score (nSPS) is 19.7. The largest absolute Gasteiger partial charge is 0.369 e. The quantitative estimate of drug-likeness (QED) is 0.870. The van der Waals surface area contributed by atoms with E-state index in [9.17, 15) is 0 Å². The Balaban J connectivity index is 1.69. The molecule has 6 heteroatoms. The molecule has 114 valence electrons. The minimum Gasteiger partial charge on any atom is -0.369 e. The molecule has 1 aliphatic rings. The second-order valence-electron chi connectivity index (χ2n) is 5.82. The molecule has 1 atom stereocenters. The van der Waals surface area contributed by atoms with Crippen molar-refractivity contribution in [3.63, 3.8) is 0 Å². The minimum atomic E-state index is 0.149. The Morgan fingerprint density at radius 3 is 3.00 bits per heavy atom. The summed E-state index contributed by atoms with van der Waals surface area (Å²) in [4.78, 5) is 6.91. The zero-order chi connectivity index (χ0) is 14.8. The van der Waals surface area contributed by atoms with Crippen LogP contribution in [0.1, 0.15) is 30.2 Å². The Bertz CT molecular complexity index is 592. The van der Waals surface area contributed by atoms with Gasteiger partial charge in [-0.15, -0.1) is 11.3 Å². The van der Waals surface area contributed by atoms with E-state index in [4.69, 9.17) is 4.74 Å². The zero-order valence-corrected chi connectivity index (χ0v) is 13.6. The molecular weight excluding hydrogens is 284 g/mol. The summed E-state index contributed by atoms with van der Waals surface area (Å²) in [5.74, 6) is 0. The molecule has 0 saturated carbocycles. The van der Waals surface area contributed by atoms with E-state index in [1.54, 1.807) is 11.3 Å². The van der Waals surface area contributed by atoms with Gasteiger partial charge < -0.3 is 4.74 Å². The molecule has 3 heterocycles. The van der Waals surface area contributed by atoms with Gasteiger partial charge in [0.05, 0.1) is 35.7 Å². The molecule has 0 aromatic carbocycles. The van der Waals surface area contributed by atoms with Gasteiger partial charge in [-0.25, -0.2) is 4.98 Å². The summed E-state index contributed by atoms with van der Waals surface area (Å²) in [7, 11) is 0. The number of nitrogens with zero attached hydrogens (tertiary/aromatic N) is 4. The maximum atomic E-state index is 6.11. The van der Waals surface area contributed by atoms with Crippen LogP contribution in [0.15, 0.2) is 17.6 Å². The van der Waals surface area contributed by atoms with Crippen LogP contribution in [0.3, 0.4) is 0 Å². The average molecular weight is 306 g/mol. The Labute approximate surface area is 129 Å². The number of hydrogen-bond acceptors (Lipinski definition) is 5. The van der Waals surface area contributed by atoms with Gasteiger partial charge in [0.2, 0.25) is 0 Å². The fourth-order valence-electron chi connectivity index (χ4n) is 2.62. The summed E-state index contributed by atoms with van der Waals surface area (Å²) in [6, 6.07) is 2.60. The first kappa shape index (κ1) is 14.7. The third-order valence-corrected chi connectivity index (χ3v) is 4.67. The van der Waals surface area contributed by atoms with Crippen molar-refractivity contribution < 1.29 is 4.74 Å². The first-order valence-corrected chi connectivity index (χ1v) is 8.27. The number of thiazole rings is 1. The summed E-state index contributed by atoms with van der Waals surface area (Å²) < 4.78 is 8.18. The molecule has 5 nitrogen and oxygen atoms in total. The van der Waals surface area contributed by atoms with Crippen molar-refractivity contribution in [2.24, 2.45) is 0 Å². The van der Waals surface area contributed by atoms with E-state index >= 15 is 0 Å². The van der Waals surface area contributed by atoms with Crippen LogP contribution in [-0.4, -0.2) is 38.4 Å². The molecule has 1 aliphatic heterocycles. The lowest BCUT2D eigenvalue weighted by Gasteiger charge is -2.27. The highest BCUT2D eigenvalue weighted by molar-refractivity contribution is 7.09. The molecule has 0 N–H and O–H groups in total. The van der Waals surface area contributed by atoms with Crippen molar-refractivity contribution in [3.05, 3.63) is 34.0 Å². The Morgan fingerprint density at radius 1 is 1.43 bits per heavy atom. The van der Waals surface area contributed by atoms with Crippen LogP contribution >= 0.6 is 11.3 Å². The Kier molecular flexibility index (Phi) is 4.37. The minimum absolute atomic E-state index is 0.149. The van der Waals surface area contributed by atoms with E-state index in [1.807, 2.05) is 13.1 Å². The van der Waals surface area contributed by atoms with Crippen molar-refractivity contribution in [2.75, 3.05) is 6.54 Å². The van der Waals surface area contributed by atoms with Crippen LogP contribution < -0.4 is 0 Å². The van der Waals surface area contributed by atoms with E-state index < -0.39 is 0 Å². The molecule has 2 aromatic rings. The zero-order valence-electron chi connectivity index (χ0n) is 12.8. The molecule has 0 aliphatic carbocycles. The molecular formula is C15H22N4OS. The third kappa shape index (κ3) is 3.51. The summed E-state index contributed by atoms with van der Waals surface area (Å²) in [6.45, 7) is 9.75. The van der Waals surface area contributed by atoms with Crippen LogP contribution in [-0.2, 0) is 24.4 Å². The van der Waals surface area contributed by atoms with E-state index in [0.29, 0.717) is 12.6 Å². The van der Waals surface area contributed by atoms with Crippen molar-refractivity contribution >= 4 is 11.3 Å². The second-order valence-corrected chi connectivity index (χ2v) is 6.88. The molecule has 0 radical (unpaired) electrons. The van der Waals surface area contributed by atoms with Crippen molar-refractivity contribution in [2.45, 2.75) is 52.6 Å². The number of rotatable bonds is 4. The molecule has 0 unspecified atom stereocenters. The van der Waals surface area contributed by atoms with Gasteiger partial charge in [-0.1, -0.05) is 0 Å². The Hall–Kier alpha value is -1.24. The third-order valence-electron chi connectivity index (χ3n) is 3.85. The van der Waals surface area contributed by atoms with Gasteiger partial charge in [0.15, 0.2) is 0 Å². The van der Waals surface area contributed by atoms with Gasteiger partial charge in [-0.2, -0.15) is 5.10 Å². The molecule has 0 spiro atoms. The average Bonchev–Trinajstić information content (AvgIpc) is 3.01. The standard InChI is InChI=1S/C15H22N4OS/c1-11(2)18-6-14-4-5-16-19(14)8-15(7-18)20-9-13-10-21-12(3)17-13/h4-5,10-11,15H,6-9H2,1-3H3/t15-/m1/s1. The van der Waals surface area contributed by atoms with Gasteiger partial charge in [-0.05, 0) is 26.8 Å². The lowest BCUT2D eigenvalue weighted by molar-refractivity contribution is 0.00183. The molecule has 21 heavy (non-hydrogen) atoms. The maximum absolute atomic E-state index is 6.11. The summed E-state index contributed by atoms with van der Waals surface area (Å²) in [5, 5.41) is 7.58. The highest BCUT2D eigenvalue weighted by Crippen LogP contribution is 2.17. The lowest BCUT2D eigenvalue weighted by Crippen LogP contribution is -2.37. The highest BCUT2D eigenvalue weighted by Gasteiger charge is 2.24. The smallest absolute Gasteiger partial charge is 0.0903 e. The van der Waals surface area contributed by atoms with Crippen LogP contribution in [0.2, 0.25) is 0 Å². The molecule has 2 aromatic heterocycles. The van der Waals surface area contributed by atoms with Crippen LogP contribution in [0, 0.1) is 6.92 Å². The fraction of sp³-hybridized carbons (Fsp3) is 0.600. The first-order chi connectivity index (χ1) is 10.1. The topological polar surface area (TPSA) is 43.2 Å². The maximum Gasteiger partial charge on any atom is 0.0903 e. The summed E-state index contributed by atoms with van der Waals surface area (Å²) in [6.07, 6.45) is 2.02. The van der Waals surface area contributed by atoms with Crippen LogP contribution in [0.5, 0.6) is 0 Å². The molecule has 3 rings (SSSR count). The molecule has 0 amide bonds. The second kappa shape index (κ2) is 6.25.